The number of amides is 1. The highest BCUT2D eigenvalue weighted by Crippen LogP contribution is 2.29. The smallest absolute Gasteiger partial charge is 0.228 e. The number of carbonyl (C=O) groups is 1. The summed E-state index contributed by atoms with van der Waals surface area (Å²) < 4.78 is 13.5. The van der Waals surface area contributed by atoms with Crippen LogP contribution in [0.1, 0.15) is 12.8 Å². The molecule has 102 valence electrons. The van der Waals surface area contributed by atoms with Crippen molar-refractivity contribution in [2.75, 3.05) is 10.6 Å². The summed E-state index contributed by atoms with van der Waals surface area (Å²) in [5.41, 5.74) is 0.330. The second-order valence-electron chi connectivity index (χ2n) is 4.67. The summed E-state index contributed by atoms with van der Waals surface area (Å²) in [7, 11) is 0. The minimum absolute atomic E-state index is 0.0193. The number of anilines is 3. The number of aromatic nitrogens is 2. The maximum Gasteiger partial charge on any atom is 0.228 e. The van der Waals surface area contributed by atoms with E-state index >= 15 is 0 Å². The van der Waals surface area contributed by atoms with Gasteiger partial charge in [0.2, 0.25) is 5.91 Å². The molecule has 0 radical (unpaired) electrons. The molecule has 3 rings (SSSR count). The van der Waals surface area contributed by atoms with E-state index in [4.69, 9.17) is 0 Å². The molecule has 1 aromatic heterocycles. The summed E-state index contributed by atoms with van der Waals surface area (Å²) in [4.78, 5) is 11.6. The normalized spacial score (nSPS) is 13.8. The molecule has 1 amide bonds. The van der Waals surface area contributed by atoms with Crippen LogP contribution in [0.15, 0.2) is 36.4 Å². The van der Waals surface area contributed by atoms with Crippen LogP contribution in [-0.4, -0.2) is 16.1 Å². The number of benzene rings is 1. The largest absolute Gasteiger partial charge is 0.336 e. The summed E-state index contributed by atoms with van der Waals surface area (Å²) in [5, 5.41) is 13.3. The monoisotopic (exact) mass is 272 g/mol. The van der Waals surface area contributed by atoms with Crippen molar-refractivity contribution in [2.45, 2.75) is 12.8 Å². The standard InChI is InChI=1S/C14H13FN4O/c15-10-3-1-2-4-11(10)16-12-7-8-13(19-18-12)17-14(20)9-5-6-9/h1-4,7-9H,5-6H2,(H,16,18)(H,17,19,20). The van der Waals surface area contributed by atoms with E-state index in [1.54, 1.807) is 30.3 Å². The highest BCUT2D eigenvalue weighted by molar-refractivity contribution is 5.93. The van der Waals surface area contributed by atoms with Gasteiger partial charge in [-0.3, -0.25) is 4.79 Å². The molecule has 1 aliphatic carbocycles. The van der Waals surface area contributed by atoms with Crippen LogP contribution in [0.3, 0.4) is 0 Å². The zero-order valence-corrected chi connectivity index (χ0v) is 10.6. The third-order valence-corrected chi connectivity index (χ3v) is 3.00. The van der Waals surface area contributed by atoms with Crippen molar-refractivity contribution in [1.82, 2.24) is 10.2 Å². The summed E-state index contributed by atoms with van der Waals surface area (Å²) >= 11 is 0. The molecule has 0 atom stereocenters. The molecule has 0 bridgehead atoms. The maximum absolute atomic E-state index is 13.5. The molecule has 0 unspecified atom stereocenters. The molecule has 1 saturated carbocycles. The number of rotatable bonds is 4. The third kappa shape index (κ3) is 2.90. The number of nitrogens with zero attached hydrogens (tertiary/aromatic N) is 2. The molecule has 0 saturated heterocycles. The Morgan fingerprint density at radius 1 is 1.10 bits per heavy atom. The highest BCUT2D eigenvalue weighted by Gasteiger charge is 2.29. The van der Waals surface area contributed by atoms with Crippen molar-refractivity contribution in [2.24, 2.45) is 5.92 Å². The number of para-hydroxylation sites is 1. The predicted molar refractivity (Wildman–Crippen MR) is 73.1 cm³/mol. The number of hydrogen-bond acceptors (Lipinski definition) is 4. The molecule has 6 heteroatoms. The van der Waals surface area contributed by atoms with Crippen molar-refractivity contribution >= 4 is 23.2 Å². The average molecular weight is 272 g/mol. The molecule has 20 heavy (non-hydrogen) atoms. The van der Waals surface area contributed by atoms with Gasteiger partial charge < -0.3 is 10.6 Å². The fourth-order valence-electron chi connectivity index (χ4n) is 1.74. The van der Waals surface area contributed by atoms with Crippen LogP contribution in [0, 0.1) is 11.7 Å². The van der Waals surface area contributed by atoms with E-state index in [1.165, 1.54) is 6.07 Å². The third-order valence-electron chi connectivity index (χ3n) is 3.00. The summed E-state index contributed by atoms with van der Waals surface area (Å²) in [6.07, 6.45) is 1.87. The fourth-order valence-corrected chi connectivity index (χ4v) is 1.74. The lowest BCUT2D eigenvalue weighted by molar-refractivity contribution is -0.117. The minimum atomic E-state index is -0.361. The van der Waals surface area contributed by atoms with Gasteiger partial charge in [-0.15, -0.1) is 10.2 Å². The first kappa shape index (κ1) is 12.5. The lowest BCUT2D eigenvalue weighted by atomic mass is 10.3. The first-order valence-electron chi connectivity index (χ1n) is 6.38. The van der Waals surface area contributed by atoms with Crippen LogP contribution in [0.5, 0.6) is 0 Å². The van der Waals surface area contributed by atoms with Gasteiger partial charge in [0.1, 0.15) is 5.82 Å². The van der Waals surface area contributed by atoms with Crippen LogP contribution in [0.2, 0.25) is 0 Å². The van der Waals surface area contributed by atoms with E-state index in [0.29, 0.717) is 17.3 Å². The Morgan fingerprint density at radius 2 is 1.80 bits per heavy atom. The van der Waals surface area contributed by atoms with Crippen LogP contribution in [0.25, 0.3) is 0 Å². The van der Waals surface area contributed by atoms with Gasteiger partial charge in [0.25, 0.3) is 0 Å². The number of nitrogens with one attached hydrogen (secondary N) is 2. The van der Waals surface area contributed by atoms with Crippen LogP contribution in [0.4, 0.5) is 21.7 Å². The Hall–Kier alpha value is -2.50. The van der Waals surface area contributed by atoms with Gasteiger partial charge >= 0.3 is 0 Å². The quantitative estimate of drug-likeness (QED) is 0.898. The van der Waals surface area contributed by atoms with Crippen molar-refractivity contribution in [1.29, 1.82) is 0 Å². The van der Waals surface area contributed by atoms with Gasteiger partial charge in [-0.25, -0.2) is 4.39 Å². The zero-order chi connectivity index (χ0) is 13.9. The Morgan fingerprint density at radius 3 is 2.45 bits per heavy atom. The molecule has 0 spiro atoms. The van der Waals surface area contributed by atoms with Crippen molar-refractivity contribution in [3.05, 3.63) is 42.2 Å². The van der Waals surface area contributed by atoms with E-state index in [1.807, 2.05) is 0 Å². The van der Waals surface area contributed by atoms with Gasteiger partial charge in [-0.2, -0.15) is 0 Å². The van der Waals surface area contributed by atoms with Crippen molar-refractivity contribution in [3.63, 3.8) is 0 Å². The second-order valence-corrected chi connectivity index (χ2v) is 4.67. The molecule has 2 N–H and O–H groups in total. The fraction of sp³-hybridized carbons (Fsp3) is 0.214. The Balaban J connectivity index is 1.66. The van der Waals surface area contributed by atoms with Crippen LogP contribution < -0.4 is 10.6 Å². The number of hydrogen-bond donors (Lipinski definition) is 2. The molecular formula is C14H13FN4O. The molecule has 0 aliphatic heterocycles. The summed E-state index contributed by atoms with van der Waals surface area (Å²) in [5.74, 6) is 0.558. The minimum Gasteiger partial charge on any atom is -0.336 e. The molecule has 1 aliphatic rings. The lowest BCUT2D eigenvalue weighted by Crippen LogP contribution is -2.14. The van der Waals surface area contributed by atoms with E-state index in [9.17, 15) is 9.18 Å². The van der Waals surface area contributed by atoms with E-state index in [-0.39, 0.29) is 17.6 Å². The predicted octanol–water partition coefficient (Wildman–Crippen LogP) is 2.71. The number of halogens is 1. The first-order valence-corrected chi connectivity index (χ1v) is 6.38. The second kappa shape index (κ2) is 5.24. The van der Waals surface area contributed by atoms with E-state index < -0.39 is 0 Å². The Bertz CT molecular complexity index is 625. The van der Waals surface area contributed by atoms with Gasteiger partial charge in [0.15, 0.2) is 11.6 Å². The van der Waals surface area contributed by atoms with Crippen LogP contribution in [-0.2, 0) is 4.79 Å². The SMILES string of the molecule is O=C(Nc1ccc(Nc2ccccc2F)nn1)C1CC1. The topological polar surface area (TPSA) is 66.9 Å². The van der Waals surface area contributed by atoms with Crippen molar-refractivity contribution < 1.29 is 9.18 Å². The van der Waals surface area contributed by atoms with Gasteiger partial charge in [0, 0.05) is 5.92 Å². The lowest BCUT2D eigenvalue weighted by Gasteiger charge is -2.07. The maximum atomic E-state index is 13.5. The molecule has 1 heterocycles. The van der Waals surface area contributed by atoms with Gasteiger partial charge in [-0.1, -0.05) is 12.1 Å². The molecule has 1 aromatic carbocycles. The summed E-state index contributed by atoms with van der Waals surface area (Å²) in [6.45, 7) is 0. The molecular weight excluding hydrogens is 259 g/mol. The Kier molecular flexibility index (Phi) is 3.28. The van der Waals surface area contributed by atoms with E-state index in [0.717, 1.165) is 12.8 Å². The van der Waals surface area contributed by atoms with Gasteiger partial charge in [-0.05, 0) is 37.1 Å². The average Bonchev–Trinajstić information content (AvgIpc) is 3.28. The first-order chi connectivity index (χ1) is 9.72. The van der Waals surface area contributed by atoms with Crippen molar-refractivity contribution in [3.8, 4) is 0 Å². The molecule has 5 nitrogen and oxygen atoms in total. The van der Waals surface area contributed by atoms with E-state index in [2.05, 4.69) is 20.8 Å². The Labute approximate surface area is 115 Å². The summed E-state index contributed by atoms with van der Waals surface area (Å²) in [6, 6.07) is 9.59. The zero-order valence-electron chi connectivity index (χ0n) is 10.6. The van der Waals surface area contributed by atoms with Gasteiger partial charge in [0.05, 0.1) is 5.69 Å². The molecule has 2 aromatic rings. The van der Waals surface area contributed by atoms with Crippen LogP contribution >= 0.6 is 0 Å². The highest BCUT2D eigenvalue weighted by atomic mass is 19.1. The number of carbonyl (C=O) groups excluding carboxylic acids is 1. The molecule has 1 fully saturated rings.